The fourth-order valence-electron chi connectivity index (χ4n) is 2.90. The molecule has 160 valence electrons. The highest BCUT2D eigenvalue weighted by Gasteiger charge is 2.10. The van der Waals surface area contributed by atoms with Crippen LogP contribution >= 0.6 is 0 Å². The monoisotopic (exact) mass is 418 g/mol. The van der Waals surface area contributed by atoms with E-state index in [1.807, 2.05) is 54.6 Å². The van der Waals surface area contributed by atoms with E-state index in [-0.39, 0.29) is 24.9 Å². The molecule has 0 saturated heterocycles. The van der Waals surface area contributed by atoms with E-state index in [2.05, 4.69) is 15.6 Å². The molecule has 2 N–H and O–H groups in total. The zero-order valence-corrected chi connectivity index (χ0v) is 17.5. The number of ether oxygens (including phenoxy) is 1. The molecule has 31 heavy (non-hydrogen) atoms. The van der Waals surface area contributed by atoms with Crippen molar-refractivity contribution in [3.8, 4) is 5.75 Å². The Morgan fingerprint density at radius 2 is 1.81 bits per heavy atom. The van der Waals surface area contributed by atoms with Gasteiger partial charge < -0.3 is 20.3 Å². The Morgan fingerprint density at radius 3 is 2.58 bits per heavy atom. The fraction of sp³-hybridized carbons (Fsp3) is 0.208. The minimum Gasteiger partial charge on any atom is -0.487 e. The molecule has 1 heterocycles. The van der Waals surface area contributed by atoms with Crippen LogP contribution in [0.5, 0.6) is 5.75 Å². The third-order valence-electron chi connectivity index (χ3n) is 4.52. The molecule has 0 aliphatic carbocycles. The maximum Gasteiger partial charge on any atom is 0.319 e. The molecule has 7 heteroatoms. The van der Waals surface area contributed by atoms with E-state index in [0.717, 1.165) is 11.3 Å². The normalized spacial score (nSPS) is 10.2. The van der Waals surface area contributed by atoms with Gasteiger partial charge in [-0.05, 0) is 29.8 Å². The zero-order valence-electron chi connectivity index (χ0n) is 17.5. The van der Waals surface area contributed by atoms with Crippen molar-refractivity contribution in [2.45, 2.75) is 19.6 Å². The van der Waals surface area contributed by atoms with Gasteiger partial charge in [0.2, 0.25) is 5.91 Å². The highest BCUT2D eigenvalue weighted by atomic mass is 16.5. The summed E-state index contributed by atoms with van der Waals surface area (Å²) < 4.78 is 5.72. The molecule has 0 aliphatic heterocycles. The summed E-state index contributed by atoms with van der Waals surface area (Å²) in [5.41, 5.74) is 2.48. The van der Waals surface area contributed by atoms with E-state index in [1.165, 1.54) is 0 Å². The van der Waals surface area contributed by atoms with Crippen molar-refractivity contribution in [1.29, 1.82) is 0 Å². The lowest BCUT2D eigenvalue weighted by Gasteiger charge is -2.17. The van der Waals surface area contributed by atoms with Gasteiger partial charge in [0.05, 0.1) is 5.69 Å². The Balaban J connectivity index is 1.39. The number of carbonyl (C=O) groups is 2. The van der Waals surface area contributed by atoms with Crippen LogP contribution in [0.4, 0.5) is 10.5 Å². The molecule has 0 saturated carbocycles. The van der Waals surface area contributed by atoms with Gasteiger partial charge in [-0.2, -0.15) is 0 Å². The van der Waals surface area contributed by atoms with Gasteiger partial charge in [-0.1, -0.05) is 42.5 Å². The minimum atomic E-state index is -0.375. The molecule has 0 bridgehead atoms. The van der Waals surface area contributed by atoms with Gasteiger partial charge in [-0.3, -0.25) is 9.78 Å². The first-order chi connectivity index (χ1) is 15.1. The Labute approximate surface area is 182 Å². The SMILES string of the molecule is CN(Cc1ccccc1)C(=O)CCNC(=O)Nc1cccc(OCc2ccccn2)c1. The van der Waals surface area contributed by atoms with E-state index in [0.29, 0.717) is 24.6 Å². The van der Waals surface area contributed by atoms with E-state index >= 15 is 0 Å². The van der Waals surface area contributed by atoms with Gasteiger partial charge in [0, 0.05) is 44.5 Å². The first-order valence-corrected chi connectivity index (χ1v) is 10.1. The predicted octanol–water partition coefficient (Wildman–Crippen LogP) is 3.83. The third kappa shape index (κ3) is 7.47. The summed E-state index contributed by atoms with van der Waals surface area (Å²) >= 11 is 0. The van der Waals surface area contributed by atoms with Crippen LogP contribution in [0.3, 0.4) is 0 Å². The number of rotatable bonds is 9. The van der Waals surface area contributed by atoms with Crippen LogP contribution in [0, 0.1) is 0 Å². The average molecular weight is 418 g/mol. The molecule has 0 radical (unpaired) electrons. The molecule has 0 atom stereocenters. The maximum atomic E-state index is 12.3. The smallest absolute Gasteiger partial charge is 0.319 e. The van der Waals surface area contributed by atoms with Crippen molar-refractivity contribution >= 4 is 17.6 Å². The van der Waals surface area contributed by atoms with Crippen LogP contribution in [0.15, 0.2) is 79.0 Å². The van der Waals surface area contributed by atoms with Gasteiger partial charge in [-0.25, -0.2) is 4.79 Å². The Bertz CT molecular complexity index is 980. The van der Waals surface area contributed by atoms with Gasteiger partial charge in [0.15, 0.2) is 0 Å². The number of carbonyl (C=O) groups excluding carboxylic acids is 2. The van der Waals surface area contributed by atoms with Gasteiger partial charge in [-0.15, -0.1) is 0 Å². The van der Waals surface area contributed by atoms with E-state index < -0.39 is 0 Å². The number of amides is 3. The van der Waals surface area contributed by atoms with Crippen LogP contribution in [0.25, 0.3) is 0 Å². The maximum absolute atomic E-state index is 12.3. The molecule has 7 nitrogen and oxygen atoms in total. The van der Waals surface area contributed by atoms with E-state index in [9.17, 15) is 9.59 Å². The number of hydrogen-bond donors (Lipinski definition) is 2. The second-order valence-electron chi connectivity index (χ2n) is 7.00. The second-order valence-corrected chi connectivity index (χ2v) is 7.00. The van der Waals surface area contributed by atoms with Crippen molar-refractivity contribution in [3.05, 3.63) is 90.3 Å². The molecule has 2 aromatic carbocycles. The molecule has 0 fully saturated rings. The largest absolute Gasteiger partial charge is 0.487 e. The van der Waals surface area contributed by atoms with E-state index in [4.69, 9.17) is 4.74 Å². The molecule has 3 amide bonds. The number of nitrogens with one attached hydrogen (secondary N) is 2. The van der Waals surface area contributed by atoms with Crippen LogP contribution in [-0.2, 0) is 17.9 Å². The Kier molecular flexibility index (Phi) is 7.99. The van der Waals surface area contributed by atoms with Crippen LogP contribution in [-0.4, -0.2) is 35.4 Å². The summed E-state index contributed by atoms with van der Waals surface area (Å²) in [7, 11) is 1.76. The van der Waals surface area contributed by atoms with Gasteiger partial charge >= 0.3 is 6.03 Å². The van der Waals surface area contributed by atoms with Crippen molar-refractivity contribution in [3.63, 3.8) is 0 Å². The number of hydrogen-bond acceptors (Lipinski definition) is 4. The summed E-state index contributed by atoms with van der Waals surface area (Å²) in [4.78, 5) is 30.3. The number of anilines is 1. The lowest BCUT2D eigenvalue weighted by Crippen LogP contribution is -2.34. The molecule has 1 aromatic heterocycles. The summed E-state index contributed by atoms with van der Waals surface area (Å²) in [6.07, 6.45) is 1.94. The van der Waals surface area contributed by atoms with Crippen molar-refractivity contribution in [1.82, 2.24) is 15.2 Å². The van der Waals surface area contributed by atoms with Crippen LogP contribution < -0.4 is 15.4 Å². The number of benzene rings is 2. The summed E-state index contributed by atoms with van der Waals surface area (Å²) in [6.45, 7) is 1.13. The van der Waals surface area contributed by atoms with Gasteiger partial charge in [0.1, 0.15) is 12.4 Å². The molecular formula is C24H26N4O3. The summed E-state index contributed by atoms with van der Waals surface area (Å²) in [6, 6.07) is 22.2. The Hall–Kier alpha value is -3.87. The summed E-state index contributed by atoms with van der Waals surface area (Å²) in [5, 5.41) is 5.46. The molecule has 0 aliphatic rings. The van der Waals surface area contributed by atoms with Gasteiger partial charge in [0.25, 0.3) is 0 Å². The molecule has 3 rings (SSSR count). The standard InChI is InChI=1S/C24H26N4O3/c1-28(17-19-8-3-2-4-9-19)23(29)13-15-26-24(30)27-20-11-7-12-22(16-20)31-18-21-10-5-6-14-25-21/h2-12,14,16H,13,15,17-18H2,1H3,(H2,26,27,30). The Morgan fingerprint density at radius 1 is 1.00 bits per heavy atom. The average Bonchev–Trinajstić information content (AvgIpc) is 2.79. The zero-order chi connectivity index (χ0) is 21.9. The topological polar surface area (TPSA) is 83.6 Å². The van der Waals surface area contributed by atoms with E-state index in [1.54, 1.807) is 36.3 Å². The van der Waals surface area contributed by atoms with Crippen molar-refractivity contribution < 1.29 is 14.3 Å². The first-order valence-electron chi connectivity index (χ1n) is 10.1. The highest BCUT2D eigenvalue weighted by Crippen LogP contribution is 2.18. The number of nitrogens with zero attached hydrogens (tertiary/aromatic N) is 2. The first kappa shape index (κ1) is 21.8. The highest BCUT2D eigenvalue weighted by molar-refractivity contribution is 5.89. The number of urea groups is 1. The fourth-order valence-corrected chi connectivity index (χ4v) is 2.90. The van der Waals surface area contributed by atoms with Crippen LogP contribution in [0.1, 0.15) is 17.7 Å². The second kappa shape index (κ2) is 11.3. The predicted molar refractivity (Wildman–Crippen MR) is 120 cm³/mol. The number of pyridine rings is 1. The molecule has 3 aromatic rings. The molecule has 0 unspecified atom stereocenters. The van der Waals surface area contributed by atoms with Crippen molar-refractivity contribution in [2.75, 3.05) is 18.9 Å². The summed E-state index contributed by atoms with van der Waals surface area (Å²) in [5.74, 6) is 0.593. The number of aromatic nitrogens is 1. The van der Waals surface area contributed by atoms with Crippen molar-refractivity contribution in [2.24, 2.45) is 0 Å². The van der Waals surface area contributed by atoms with Crippen LogP contribution in [0.2, 0.25) is 0 Å². The molecule has 0 spiro atoms. The third-order valence-corrected chi connectivity index (χ3v) is 4.52. The lowest BCUT2D eigenvalue weighted by atomic mass is 10.2. The minimum absolute atomic E-state index is 0.0333. The molecular weight excluding hydrogens is 392 g/mol. The lowest BCUT2D eigenvalue weighted by molar-refractivity contribution is -0.130. The quantitative estimate of drug-likeness (QED) is 0.553.